The molecule has 0 radical (unpaired) electrons. The van der Waals surface area contributed by atoms with Crippen molar-refractivity contribution in [3.63, 3.8) is 0 Å². The topological polar surface area (TPSA) is 39.2 Å². The van der Waals surface area contributed by atoms with E-state index >= 15 is 0 Å². The maximum Gasteiger partial charge on any atom is 0.160 e. The number of aldehydes is 1. The summed E-state index contributed by atoms with van der Waals surface area (Å²) >= 11 is 7.19. The average Bonchev–Trinajstić information content (AvgIpc) is 2.89. The number of carbonyl (C=O) groups excluding carboxylic acids is 1. The van der Waals surface area contributed by atoms with E-state index in [9.17, 15) is 13.6 Å². The van der Waals surface area contributed by atoms with Crippen molar-refractivity contribution in [2.75, 3.05) is 13.3 Å². The highest BCUT2D eigenvalue weighted by Gasteiger charge is 2.24. The lowest BCUT2D eigenvalue weighted by atomic mass is 10.0. The van der Waals surface area contributed by atoms with Crippen molar-refractivity contribution >= 4 is 29.2 Å². The number of halogens is 3. The first kappa shape index (κ1) is 17.0. The summed E-state index contributed by atoms with van der Waals surface area (Å²) in [4.78, 5) is 16.4. The van der Waals surface area contributed by atoms with E-state index in [2.05, 4.69) is 4.98 Å². The van der Waals surface area contributed by atoms with E-state index in [0.29, 0.717) is 21.7 Å². The van der Waals surface area contributed by atoms with E-state index < -0.39 is 19.5 Å². The van der Waals surface area contributed by atoms with Crippen molar-refractivity contribution in [3.05, 3.63) is 49.9 Å². The van der Waals surface area contributed by atoms with Gasteiger partial charge in [-0.2, -0.15) is 0 Å². The molecule has 22 heavy (non-hydrogen) atoms. The number of hydrogen-bond acceptors (Lipinski definition) is 4. The summed E-state index contributed by atoms with van der Waals surface area (Å²) in [6, 6.07) is 4.67. The standard InChI is InChI=1S/C15H14ClF2NO2S/c1-9-12(6-11(8-20)22-9)15(21-5-4-17)14-10(7-18)2-3-13(16)19-14/h2-3,6,8,15H,4-5,7H2,1H3. The third-order valence-electron chi connectivity index (χ3n) is 3.11. The van der Waals surface area contributed by atoms with Crippen molar-refractivity contribution in [2.24, 2.45) is 0 Å². The quantitative estimate of drug-likeness (QED) is 0.549. The maximum absolute atomic E-state index is 13.2. The molecule has 2 heterocycles. The Labute approximate surface area is 135 Å². The normalized spacial score (nSPS) is 12.4. The molecule has 0 saturated heterocycles. The smallest absolute Gasteiger partial charge is 0.160 e. The molecule has 0 saturated carbocycles. The number of rotatable bonds is 7. The third-order valence-corrected chi connectivity index (χ3v) is 4.31. The molecule has 0 aliphatic rings. The zero-order valence-corrected chi connectivity index (χ0v) is 13.4. The predicted octanol–water partition coefficient (Wildman–Crippen LogP) is 4.46. The van der Waals surface area contributed by atoms with Crippen LogP contribution in [0.25, 0.3) is 0 Å². The summed E-state index contributed by atoms with van der Waals surface area (Å²) in [6.07, 6.45) is -0.0281. The molecule has 1 unspecified atom stereocenters. The monoisotopic (exact) mass is 345 g/mol. The molecular formula is C15H14ClF2NO2S. The van der Waals surface area contributed by atoms with Gasteiger partial charge < -0.3 is 4.74 Å². The van der Waals surface area contributed by atoms with Gasteiger partial charge in [-0.3, -0.25) is 4.79 Å². The molecule has 2 rings (SSSR count). The second-order valence-electron chi connectivity index (χ2n) is 4.53. The molecule has 0 bridgehead atoms. The summed E-state index contributed by atoms with van der Waals surface area (Å²) in [5.41, 5.74) is 1.30. The summed E-state index contributed by atoms with van der Waals surface area (Å²) in [5.74, 6) is 0. The second kappa shape index (κ2) is 7.76. The van der Waals surface area contributed by atoms with Crippen LogP contribution in [0.5, 0.6) is 0 Å². The molecule has 2 aromatic heterocycles. The highest BCUT2D eigenvalue weighted by atomic mass is 35.5. The van der Waals surface area contributed by atoms with Crippen LogP contribution >= 0.6 is 22.9 Å². The molecule has 0 aromatic carbocycles. The fourth-order valence-corrected chi connectivity index (χ4v) is 3.16. The lowest BCUT2D eigenvalue weighted by Gasteiger charge is -2.19. The van der Waals surface area contributed by atoms with Crippen LogP contribution in [0.1, 0.15) is 37.5 Å². The molecule has 0 aliphatic heterocycles. The number of pyridine rings is 1. The van der Waals surface area contributed by atoms with Gasteiger partial charge in [-0.15, -0.1) is 11.3 Å². The van der Waals surface area contributed by atoms with Crippen molar-refractivity contribution in [2.45, 2.75) is 19.7 Å². The Kier molecular flexibility index (Phi) is 5.99. The molecule has 2 aromatic rings. The summed E-state index contributed by atoms with van der Waals surface area (Å²) in [6.45, 7) is 0.249. The van der Waals surface area contributed by atoms with E-state index in [1.165, 1.54) is 23.5 Å². The Morgan fingerprint density at radius 1 is 1.45 bits per heavy atom. The SMILES string of the molecule is Cc1sc(C=O)cc1C(OCCF)c1nc(Cl)ccc1CF. The van der Waals surface area contributed by atoms with Crippen LogP contribution in [-0.4, -0.2) is 24.6 Å². The first-order chi connectivity index (χ1) is 10.6. The van der Waals surface area contributed by atoms with Crippen LogP contribution in [0.15, 0.2) is 18.2 Å². The Morgan fingerprint density at radius 3 is 2.82 bits per heavy atom. The van der Waals surface area contributed by atoms with Crippen LogP contribution in [0.2, 0.25) is 5.15 Å². The van der Waals surface area contributed by atoms with Gasteiger partial charge in [-0.25, -0.2) is 13.8 Å². The van der Waals surface area contributed by atoms with Crippen molar-refractivity contribution in [1.29, 1.82) is 0 Å². The highest BCUT2D eigenvalue weighted by molar-refractivity contribution is 7.13. The van der Waals surface area contributed by atoms with Gasteiger partial charge in [0.1, 0.15) is 24.6 Å². The van der Waals surface area contributed by atoms with Crippen LogP contribution in [-0.2, 0) is 11.4 Å². The van der Waals surface area contributed by atoms with E-state index in [-0.39, 0.29) is 11.8 Å². The van der Waals surface area contributed by atoms with Crippen LogP contribution in [0.4, 0.5) is 8.78 Å². The van der Waals surface area contributed by atoms with Gasteiger partial charge in [0.05, 0.1) is 17.2 Å². The number of carbonyl (C=O) groups is 1. The zero-order valence-electron chi connectivity index (χ0n) is 11.8. The van der Waals surface area contributed by atoms with Gasteiger partial charge in [-0.05, 0) is 19.1 Å². The molecule has 0 N–H and O–H groups in total. The average molecular weight is 346 g/mol. The number of nitrogens with zero attached hydrogens (tertiary/aromatic N) is 1. The molecule has 118 valence electrons. The minimum Gasteiger partial charge on any atom is -0.364 e. The Balaban J connectivity index is 2.52. The predicted molar refractivity (Wildman–Crippen MR) is 82.3 cm³/mol. The first-order valence-corrected chi connectivity index (χ1v) is 7.74. The van der Waals surface area contributed by atoms with Gasteiger partial charge in [0.15, 0.2) is 6.29 Å². The minimum absolute atomic E-state index is 0.156. The molecule has 0 amide bonds. The lowest BCUT2D eigenvalue weighted by molar-refractivity contribution is 0.0656. The van der Waals surface area contributed by atoms with Gasteiger partial charge in [0.25, 0.3) is 0 Å². The number of aryl methyl sites for hydroxylation is 1. The summed E-state index contributed by atoms with van der Waals surface area (Å²) < 4.78 is 31.3. The van der Waals surface area contributed by atoms with Gasteiger partial charge >= 0.3 is 0 Å². The molecular weight excluding hydrogens is 332 g/mol. The van der Waals surface area contributed by atoms with E-state index in [1.807, 2.05) is 6.92 Å². The van der Waals surface area contributed by atoms with E-state index in [1.54, 1.807) is 6.07 Å². The van der Waals surface area contributed by atoms with Crippen LogP contribution in [0, 0.1) is 6.92 Å². The van der Waals surface area contributed by atoms with Crippen LogP contribution in [0.3, 0.4) is 0 Å². The first-order valence-electron chi connectivity index (χ1n) is 6.55. The largest absolute Gasteiger partial charge is 0.364 e. The van der Waals surface area contributed by atoms with E-state index in [0.717, 1.165) is 11.2 Å². The molecule has 7 heteroatoms. The Bertz CT molecular complexity index is 663. The number of ether oxygens (including phenoxy) is 1. The van der Waals surface area contributed by atoms with Crippen molar-refractivity contribution in [1.82, 2.24) is 4.98 Å². The lowest BCUT2D eigenvalue weighted by Crippen LogP contribution is -2.13. The Hall–Kier alpha value is -1.37. The van der Waals surface area contributed by atoms with E-state index in [4.69, 9.17) is 16.3 Å². The highest BCUT2D eigenvalue weighted by Crippen LogP contribution is 2.34. The second-order valence-corrected chi connectivity index (χ2v) is 6.21. The Morgan fingerprint density at radius 2 is 2.23 bits per heavy atom. The fourth-order valence-electron chi connectivity index (χ4n) is 2.14. The minimum atomic E-state index is -0.759. The number of aromatic nitrogens is 1. The van der Waals surface area contributed by atoms with Gasteiger partial charge in [0, 0.05) is 16.0 Å². The maximum atomic E-state index is 13.2. The molecule has 0 aliphatic carbocycles. The van der Waals surface area contributed by atoms with Crippen molar-refractivity contribution < 1.29 is 18.3 Å². The summed E-state index contributed by atoms with van der Waals surface area (Å²) in [5, 5.41) is 0.199. The number of alkyl halides is 2. The zero-order chi connectivity index (χ0) is 16.1. The summed E-state index contributed by atoms with van der Waals surface area (Å²) in [7, 11) is 0. The third kappa shape index (κ3) is 3.69. The molecule has 1 atom stereocenters. The molecule has 3 nitrogen and oxygen atoms in total. The van der Waals surface area contributed by atoms with Crippen LogP contribution < -0.4 is 0 Å². The molecule has 0 fully saturated rings. The van der Waals surface area contributed by atoms with Gasteiger partial charge in [0.2, 0.25) is 0 Å². The van der Waals surface area contributed by atoms with Crippen molar-refractivity contribution in [3.8, 4) is 0 Å². The fraction of sp³-hybridized carbons (Fsp3) is 0.333. The number of hydrogen-bond donors (Lipinski definition) is 0. The number of thiophene rings is 1. The molecule has 0 spiro atoms. The van der Waals surface area contributed by atoms with Gasteiger partial charge in [-0.1, -0.05) is 17.7 Å².